The molecule has 0 saturated carbocycles. The number of nitrogens with two attached hydrogens (primary N) is 2. The second-order valence-electron chi connectivity index (χ2n) is 6.75. The van der Waals surface area contributed by atoms with E-state index in [9.17, 15) is 14.5 Å². The van der Waals surface area contributed by atoms with Crippen LogP contribution in [0.1, 0.15) is 19.5 Å². The Morgan fingerprint density at radius 3 is 2.63 bits per heavy atom. The highest BCUT2D eigenvalue weighted by Gasteiger charge is 2.42. The van der Waals surface area contributed by atoms with Crippen molar-refractivity contribution in [2.45, 2.75) is 19.4 Å². The smallest absolute Gasteiger partial charge is 0.390 e. The minimum Gasteiger partial charge on any atom is -0.390 e. The Labute approximate surface area is 178 Å². The second kappa shape index (κ2) is 7.55. The number of halogens is 2. The van der Waals surface area contributed by atoms with Gasteiger partial charge in [0.15, 0.2) is 11.3 Å². The molecule has 0 radical (unpaired) electrons. The first kappa shape index (κ1) is 21.5. The van der Waals surface area contributed by atoms with Crippen molar-refractivity contribution in [1.82, 2.24) is 14.8 Å². The normalized spacial score (nSPS) is 14.6. The lowest BCUT2D eigenvalue weighted by Gasteiger charge is -2.27. The van der Waals surface area contributed by atoms with E-state index in [-0.39, 0.29) is 27.8 Å². The van der Waals surface area contributed by atoms with Gasteiger partial charge in [0, 0.05) is 0 Å². The zero-order valence-corrected chi connectivity index (χ0v) is 17.7. The van der Waals surface area contributed by atoms with Crippen LogP contribution < -0.4 is 16.5 Å². The number of hydrogen-bond donors (Lipinski definition) is 3. The summed E-state index contributed by atoms with van der Waals surface area (Å²) < 4.78 is 15.0. The third-order valence-corrected chi connectivity index (χ3v) is 4.84. The van der Waals surface area contributed by atoms with Gasteiger partial charge >= 0.3 is 5.95 Å². The highest BCUT2D eigenvalue weighted by molar-refractivity contribution is 9.10. The summed E-state index contributed by atoms with van der Waals surface area (Å²) in [5.41, 5.74) is 10.9. The molecular formula is C16H18BrFN8O4. The molecule has 1 aliphatic rings. The summed E-state index contributed by atoms with van der Waals surface area (Å²) in [6.45, 7) is 3.22. The quantitative estimate of drug-likeness (QED) is 0.425. The molecule has 2 aromatic rings. The van der Waals surface area contributed by atoms with Gasteiger partial charge in [-0.15, -0.1) is 4.94 Å². The van der Waals surface area contributed by atoms with Crippen molar-refractivity contribution in [1.29, 1.82) is 5.41 Å². The molecule has 0 unspecified atom stereocenters. The van der Waals surface area contributed by atoms with E-state index in [1.807, 2.05) is 0 Å². The van der Waals surface area contributed by atoms with Crippen molar-refractivity contribution in [3.63, 3.8) is 0 Å². The van der Waals surface area contributed by atoms with Crippen molar-refractivity contribution in [3.05, 3.63) is 62.0 Å². The van der Waals surface area contributed by atoms with E-state index in [1.54, 1.807) is 13.8 Å². The number of nitrogens with zero attached hydrogens (tertiary/aromatic N) is 5. The van der Waals surface area contributed by atoms with Crippen molar-refractivity contribution < 1.29 is 19.1 Å². The molecule has 0 amide bonds. The molecule has 1 aromatic heterocycles. The van der Waals surface area contributed by atoms with E-state index in [0.717, 1.165) is 10.3 Å². The van der Waals surface area contributed by atoms with Gasteiger partial charge in [-0.2, -0.15) is 5.06 Å². The van der Waals surface area contributed by atoms with E-state index in [4.69, 9.17) is 26.7 Å². The molecule has 0 aliphatic carbocycles. The zero-order valence-electron chi connectivity index (χ0n) is 16.1. The third kappa shape index (κ3) is 3.67. The van der Waals surface area contributed by atoms with Crippen molar-refractivity contribution in [3.8, 4) is 0 Å². The number of hydroxylamine groups is 3. The molecule has 30 heavy (non-hydrogen) atoms. The number of benzene rings is 1. The number of nitro groups is 1. The summed E-state index contributed by atoms with van der Waals surface area (Å²) in [6.07, 6.45) is 1.29. The molecule has 1 fully saturated rings. The minimum absolute atomic E-state index is 0.0275. The fraction of sp³-hybridized carbons (Fsp3) is 0.250. The molecule has 1 aliphatic heterocycles. The molecule has 0 bridgehead atoms. The maximum absolute atomic E-state index is 13.6. The average molecular weight is 485 g/mol. The predicted molar refractivity (Wildman–Crippen MR) is 107 cm³/mol. The standard InChI is InChI=1S/C16H18BrFN8O4/c1-16(2,11-7-22-15(23(11)3)25(27)28)29-26-14(21)12(13(19)20)24(30-26)8-4-5-10(18)9(17)6-8/h4-7,21H,19-20H2,1-3H3. The summed E-state index contributed by atoms with van der Waals surface area (Å²) in [4.78, 5) is 25.6. The number of imidazole rings is 1. The molecule has 0 spiro atoms. The average Bonchev–Trinajstić information content (AvgIpc) is 3.18. The molecule has 14 heteroatoms. The Bertz CT molecular complexity index is 1070. The van der Waals surface area contributed by atoms with Gasteiger partial charge in [0.05, 0.1) is 17.2 Å². The summed E-state index contributed by atoms with van der Waals surface area (Å²) >= 11 is 3.08. The SMILES string of the molecule is Cn1c(C(C)(C)ON2ON(c3ccc(F)c(Br)c3)C(=C(N)N)C2=N)cnc1[N+](=O)[O-]. The Hall–Kier alpha value is -3.23. The Morgan fingerprint density at radius 2 is 2.10 bits per heavy atom. The summed E-state index contributed by atoms with van der Waals surface area (Å²) in [5.74, 6) is -1.43. The molecule has 1 saturated heterocycles. The molecule has 1 aromatic carbocycles. The molecular weight excluding hydrogens is 467 g/mol. The van der Waals surface area contributed by atoms with Crippen LogP contribution in [0.15, 0.2) is 40.4 Å². The Morgan fingerprint density at radius 1 is 1.43 bits per heavy atom. The fourth-order valence-electron chi connectivity index (χ4n) is 2.83. The summed E-state index contributed by atoms with van der Waals surface area (Å²) in [6, 6.07) is 4.00. The van der Waals surface area contributed by atoms with Gasteiger partial charge in [0.2, 0.25) is 5.84 Å². The maximum Gasteiger partial charge on any atom is 0.434 e. The van der Waals surface area contributed by atoms with Crippen LogP contribution in [-0.2, 0) is 22.4 Å². The van der Waals surface area contributed by atoms with E-state index in [0.29, 0.717) is 11.4 Å². The fourth-order valence-corrected chi connectivity index (χ4v) is 3.19. The lowest BCUT2D eigenvalue weighted by Crippen LogP contribution is -2.36. The van der Waals surface area contributed by atoms with Crippen molar-refractivity contribution >= 4 is 33.4 Å². The molecule has 3 rings (SSSR count). The largest absolute Gasteiger partial charge is 0.434 e. The van der Waals surface area contributed by atoms with Crippen LogP contribution >= 0.6 is 15.9 Å². The first-order chi connectivity index (χ1) is 13.9. The number of hydrogen-bond acceptors (Lipinski definition) is 9. The van der Waals surface area contributed by atoms with Crippen molar-refractivity contribution in [2.24, 2.45) is 18.5 Å². The van der Waals surface area contributed by atoms with Gasteiger partial charge in [0.1, 0.15) is 23.5 Å². The number of aromatic nitrogens is 2. The molecule has 2 heterocycles. The summed E-state index contributed by atoms with van der Waals surface area (Å²) in [5, 5.41) is 21.3. The van der Waals surface area contributed by atoms with Crippen LogP contribution in [-0.4, -0.2) is 25.5 Å². The molecule has 12 nitrogen and oxygen atoms in total. The van der Waals surface area contributed by atoms with Crippen LogP contribution in [0.2, 0.25) is 0 Å². The van der Waals surface area contributed by atoms with Gasteiger partial charge in [-0.05, 0) is 52.9 Å². The Kier molecular flexibility index (Phi) is 5.40. The first-order valence-corrected chi connectivity index (χ1v) is 9.16. The van der Waals surface area contributed by atoms with Crippen LogP contribution in [0.4, 0.5) is 16.0 Å². The number of amidine groups is 1. The number of nitrogens with one attached hydrogen (secondary N) is 1. The van der Waals surface area contributed by atoms with Crippen LogP contribution in [0.5, 0.6) is 0 Å². The van der Waals surface area contributed by atoms with E-state index >= 15 is 0 Å². The lowest BCUT2D eigenvalue weighted by atomic mass is 10.1. The number of anilines is 1. The Balaban J connectivity index is 1.93. The zero-order chi connectivity index (χ0) is 22.4. The van der Waals surface area contributed by atoms with Gasteiger partial charge in [-0.1, -0.05) is 10.2 Å². The van der Waals surface area contributed by atoms with E-state index < -0.39 is 16.3 Å². The van der Waals surface area contributed by atoms with Crippen LogP contribution in [0.3, 0.4) is 0 Å². The highest BCUT2D eigenvalue weighted by atomic mass is 79.9. The topological polar surface area (TPSA) is 162 Å². The van der Waals surface area contributed by atoms with Crippen LogP contribution in [0, 0.1) is 21.3 Å². The molecule has 160 valence electrons. The second-order valence-corrected chi connectivity index (χ2v) is 7.60. The predicted octanol–water partition coefficient (Wildman–Crippen LogP) is 2.13. The van der Waals surface area contributed by atoms with Crippen LogP contribution in [0.25, 0.3) is 0 Å². The van der Waals surface area contributed by atoms with Gasteiger partial charge in [-0.25, -0.2) is 13.8 Å². The van der Waals surface area contributed by atoms with E-state index in [2.05, 4.69) is 20.9 Å². The maximum atomic E-state index is 13.6. The molecule has 0 atom stereocenters. The highest BCUT2D eigenvalue weighted by Crippen LogP contribution is 2.35. The monoisotopic (exact) mass is 484 g/mol. The van der Waals surface area contributed by atoms with Gasteiger partial charge in [0.25, 0.3) is 0 Å². The van der Waals surface area contributed by atoms with Crippen molar-refractivity contribution in [2.75, 3.05) is 5.06 Å². The third-order valence-electron chi connectivity index (χ3n) is 4.23. The minimum atomic E-state index is -1.21. The van der Waals surface area contributed by atoms with Gasteiger partial charge < -0.3 is 21.6 Å². The first-order valence-electron chi connectivity index (χ1n) is 8.37. The molecule has 5 N–H and O–H groups in total. The summed E-state index contributed by atoms with van der Waals surface area (Å²) in [7, 11) is 1.47. The van der Waals surface area contributed by atoms with E-state index in [1.165, 1.54) is 36.0 Å². The lowest BCUT2D eigenvalue weighted by molar-refractivity contribution is -0.397. The number of rotatable bonds is 5. The van der Waals surface area contributed by atoms with Gasteiger partial charge in [-0.3, -0.25) is 5.41 Å².